The average molecular weight is 246 g/mol. The molecule has 0 aliphatic heterocycles. The summed E-state index contributed by atoms with van der Waals surface area (Å²) >= 11 is 0. The number of hydrogen-bond donors (Lipinski definition) is 1. The first-order chi connectivity index (χ1) is 7.43. The van der Waals surface area contributed by atoms with Crippen LogP contribution in [0.3, 0.4) is 0 Å². The summed E-state index contributed by atoms with van der Waals surface area (Å²) in [5.41, 5.74) is 5.23. The highest BCUT2D eigenvalue weighted by Crippen LogP contribution is 2.19. The van der Waals surface area contributed by atoms with Gasteiger partial charge in [-0.15, -0.1) is 0 Å². The van der Waals surface area contributed by atoms with Gasteiger partial charge in [0.05, 0.1) is 10.6 Å². The van der Waals surface area contributed by atoms with Gasteiger partial charge in [-0.1, -0.05) is 13.8 Å². The van der Waals surface area contributed by atoms with Crippen LogP contribution in [0.2, 0.25) is 0 Å². The molecule has 1 rings (SSSR count). The lowest BCUT2D eigenvalue weighted by atomic mass is 10.3. The van der Waals surface area contributed by atoms with Gasteiger partial charge in [-0.2, -0.15) is 4.31 Å². The topological polar surface area (TPSA) is 63.4 Å². The molecule has 0 spiro atoms. The van der Waals surface area contributed by atoms with Crippen molar-refractivity contribution in [2.75, 3.05) is 18.8 Å². The van der Waals surface area contributed by atoms with Crippen molar-refractivity contribution in [3.8, 4) is 0 Å². The molecule has 0 saturated heterocycles. The van der Waals surface area contributed by atoms with Gasteiger partial charge in [0, 0.05) is 13.1 Å². The molecule has 0 atom stereocenters. The number of halogens is 1. The molecule has 0 amide bonds. The number of nitrogens with two attached hydrogens (primary N) is 1. The van der Waals surface area contributed by atoms with Crippen molar-refractivity contribution in [2.24, 2.45) is 0 Å². The molecule has 0 aromatic heterocycles. The third kappa shape index (κ3) is 2.33. The maximum Gasteiger partial charge on any atom is 0.243 e. The number of nitrogens with zero attached hydrogens (tertiary/aromatic N) is 1. The van der Waals surface area contributed by atoms with E-state index in [-0.39, 0.29) is 10.6 Å². The molecule has 90 valence electrons. The second-order valence-electron chi connectivity index (χ2n) is 3.27. The SMILES string of the molecule is CCN(CC)S(=O)(=O)c1ccc(N)c(F)c1. The highest BCUT2D eigenvalue weighted by atomic mass is 32.2. The molecule has 0 bridgehead atoms. The van der Waals surface area contributed by atoms with E-state index in [2.05, 4.69) is 0 Å². The van der Waals surface area contributed by atoms with Crippen LogP contribution < -0.4 is 5.73 Å². The monoisotopic (exact) mass is 246 g/mol. The minimum absolute atomic E-state index is 0.0569. The van der Waals surface area contributed by atoms with Gasteiger partial charge in [0.1, 0.15) is 5.82 Å². The van der Waals surface area contributed by atoms with E-state index in [9.17, 15) is 12.8 Å². The van der Waals surface area contributed by atoms with E-state index in [1.807, 2.05) is 0 Å². The molecule has 6 heteroatoms. The quantitative estimate of drug-likeness (QED) is 0.818. The van der Waals surface area contributed by atoms with Crippen LogP contribution in [0.15, 0.2) is 23.1 Å². The van der Waals surface area contributed by atoms with Crippen molar-refractivity contribution in [3.05, 3.63) is 24.0 Å². The van der Waals surface area contributed by atoms with Gasteiger partial charge in [-0.25, -0.2) is 12.8 Å². The van der Waals surface area contributed by atoms with Gasteiger partial charge in [0.15, 0.2) is 0 Å². The van der Waals surface area contributed by atoms with Gasteiger partial charge in [-0.05, 0) is 18.2 Å². The van der Waals surface area contributed by atoms with Crippen LogP contribution in [0.4, 0.5) is 10.1 Å². The average Bonchev–Trinajstić information content (AvgIpc) is 2.23. The maximum absolute atomic E-state index is 13.2. The van der Waals surface area contributed by atoms with Crippen LogP contribution in [0, 0.1) is 5.82 Å². The lowest BCUT2D eigenvalue weighted by Gasteiger charge is -2.18. The summed E-state index contributed by atoms with van der Waals surface area (Å²) < 4.78 is 38.4. The van der Waals surface area contributed by atoms with Crippen molar-refractivity contribution in [3.63, 3.8) is 0 Å². The number of rotatable bonds is 4. The number of benzene rings is 1. The van der Waals surface area contributed by atoms with Gasteiger partial charge in [-0.3, -0.25) is 0 Å². The van der Waals surface area contributed by atoms with Crippen molar-refractivity contribution >= 4 is 15.7 Å². The Morgan fingerprint density at radius 3 is 2.31 bits per heavy atom. The normalized spacial score (nSPS) is 12.0. The second kappa shape index (κ2) is 4.80. The molecule has 0 unspecified atom stereocenters. The van der Waals surface area contributed by atoms with Crippen molar-refractivity contribution < 1.29 is 12.8 Å². The zero-order chi connectivity index (χ0) is 12.3. The summed E-state index contributed by atoms with van der Waals surface area (Å²) in [4.78, 5) is -0.0668. The largest absolute Gasteiger partial charge is 0.396 e. The van der Waals surface area contributed by atoms with Crippen molar-refractivity contribution in [1.29, 1.82) is 0 Å². The highest BCUT2D eigenvalue weighted by molar-refractivity contribution is 7.89. The summed E-state index contributed by atoms with van der Waals surface area (Å²) in [6.07, 6.45) is 0. The molecule has 0 aliphatic rings. The van der Waals surface area contributed by atoms with Crippen molar-refractivity contribution in [2.45, 2.75) is 18.7 Å². The first kappa shape index (κ1) is 12.9. The van der Waals surface area contributed by atoms with E-state index in [1.165, 1.54) is 16.4 Å². The van der Waals surface area contributed by atoms with Gasteiger partial charge >= 0.3 is 0 Å². The molecule has 0 heterocycles. The molecule has 0 aliphatic carbocycles. The molecule has 4 nitrogen and oxygen atoms in total. The molecule has 16 heavy (non-hydrogen) atoms. The van der Waals surface area contributed by atoms with Crippen LogP contribution in [0.5, 0.6) is 0 Å². The first-order valence-electron chi connectivity index (χ1n) is 4.98. The Labute approximate surface area is 94.9 Å². The summed E-state index contributed by atoms with van der Waals surface area (Å²) in [5, 5.41) is 0. The Morgan fingerprint density at radius 2 is 1.88 bits per heavy atom. The summed E-state index contributed by atoms with van der Waals surface area (Å²) in [7, 11) is -3.60. The fourth-order valence-corrected chi connectivity index (χ4v) is 2.85. The lowest BCUT2D eigenvalue weighted by Crippen LogP contribution is -2.30. The van der Waals surface area contributed by atoms with E-state index in [1.54, 1.807) is 13.8 Å². The number of anilines is 1. The smallest absolute Gasteiger partial charge is 0.243 e. The molecule has 2 N–H and O–H groups in total. The maximum atomic E-state index is 13.2. The van der Waals surface area contributed by atoms with Gasteiger partial charge < -0.3 is 5.73 Å². The first-order valence-corrected chi connectivity index (χ1v) is 6.42. The van der Waals surface area contributed by atoms with Gasteiger partial charge in [0.2, 0.25) is 10.0 Å². The Morgan fingerprint density at radius 1 is 1.31 bits per heavy atom. The van der Waals surface area contributed by atoms with E-state index < -0.39 is 15.8 Å². The molecular weight excluding hydrogens is 231 g/mol. The Balaban J connectivity index is 3.22. The van der Waals surface area contributed by atoms with Crippen LogP contribution in [0.25, 0.3) is 0 Å². The van der Waals surface area contributed by atoms with Crippen LogP contribution in [-0.4, -0.2) is 25.8 Å². The molecule has 0 fully saturated rings. The Kier molecular flexibility index (Phi) is 3.88. The third-order valence-electron chi connectivity index (χ3n) is 2.32. The molecular formula is C10H15FN2O2S. The van der Waals surface area contributed by atoms with E-state index in [0.717, 1.165) is 6.07 Å². The fourth-order valence-electron chi connectivity index (χ4n) is 1.38. The zero-order valence-electron chi connectivity index (χ0n) is 9.27. The molecule has 0 saturated carbocycles. The fraction of sp³-hybridized carbons (Fsp3) is 0.400. The highest BCUT2D eigenvalue weighted by Gasteiger charge is 2.22. The third-order valence-corrected chi connectivity index (χ3v) is 4.36. The number of hydrogen-bond acceptors (Lipinski definition) is 3. The van der Waals surface area contributed by atoms with E-state index in [4.69, 9.17) is 5.73 Å². The lowest BCUT2D eigenvalue weighted by molar-refractivity contribution is 0.444. The predicted octanol–water partition coefficient (Wildman–Crippen LogP) is 1.44. The number of sulfonamides is 1. The minimum atomic E-state index is -3.60. The standard InChI is InChI=1S/C10H15FN2O2S/c1-3-13(4-2)16(14,15)8-5-6-10(12)9(11)7-8/h5-7H,3-4,12H2,1-2H3. The minimum Gasteiger partial charge on any atom is -0.396 e. The molecule has 0 radical (unpaired) electrons. The zero-order valence-corrected chi connectivity index (χ0v) is 10.1. The van der Waals surface area contributed by atoms with Crippen LogP contribution in [0.1, 0.15) is 13.8 Å². The van der Waals surface area contributed by atoms with Crippen molar-refractivity contribution in [1.82, 2.24) is 4.31 Å². The van der Waals surface area contributed by atoms with Gasteiger partial charge in [0.25, 0.3) is 0 Å². The van der Waals surface area contributed by atoms with Crippen LogP contribution in [-0.2, 0) is 10.0 Å². The van der Waals surface area contributed by atoms with E-state index in [0.29, 0.717) is 13.1 Å². The number of nitrogen functional groups attached to an aromatic ring is 1. The summed E-state index contributed by atoms with van der Waals surface area (Å²) in [6.45, 7) is 4.17. The summed E-state index contributed by atoms with van der Waals surface area (Å²) in [6, 6.07) is 3.51. The summed E-state index contributed by atoms with van der Waals surface area (Å²) in [5.74, 6) is -0.715. The predicted molar refractivity (Wildman–Crippen MR) is 60.9 cm³/mol. The molecule has 1 aromatic carbocycles. The Bertz CT molecular complexity index is 470. The van der Waals surface area contributed by atoms with Crippen LogP contribution >= 0.6 is 0 Å². The molecule has 1 aromatic rings. The van der Waals surface area contributed by atoms with E-state index >= 15 is 0 Å². The second-order valence-corrected chi connectivity index (χ2v) is 5.21. The Hall–Kier alpha value is -1.14.